The van der Waals surface area contributed by atoms with Crippen molar-refractivity contribution in [1.82, 2.24) is 14.9 Å². The van der Waals surface area contributed by atoms with Gasteiger partial charge in [0.25, 0.3) is 5.91 Å². The summed E-state index contributed by atoms with van der Waals surface area (Å²) in [5.74, 6) is 0.200. The van der Waals surface area contributed by atoms with Crippen molar-refractivity contribution in [3.63, 3.8) is 0 Å². The van der Waals surface area contributed by atoms with Gasteiger partial charge in [0.2, 0.25) is 11.8 Å². The monoisotopic (exact) mass is 634 g/mol. The second-order valence-corrected chi connectivity index (χ2v) is 12.0. The van der Waals surface area contributed by atoms with Crippen molar-refractivity contribution in [2.75, 3.05) is 30.4 Å². The van der Waals surface area contributed by atoms with Crippen LogP contribution in [-0.2, 0) is 37.4 Å². The summed E-state index contributed by atoms with van der Waals surface area (Å²) in [6.45, 7) is 0.570. The molecule has 1 atom stereocenters. The number of benzene rings is 1. The van der Waals surface area contributed by atoms with Gasteiger partial charge in [0.15, 0.2) is 0 Å². The van der Waals surface area contributed by atoms with Gasteiger partial charge in [-0.2, -0.15) is 0 Å². The van der Waals surface area contributed by atoms with Crippen LogP contribution in [0.2, 0.25) is 5.02 Å². The topological polar surface area (TPSA) is 126 Å². The van der Waals surface area contributed by atoms with Crippen LogP contribution in [-0.4, -0.2) is 63.7 Å². The first-order valence-electron chi connectivity index (χ1n) is 13.3. The Balaban J connectivity index is 1.13. The number of carbonyl (C=O) groups is 3. The molecule has 1 aliphatic carbocycles. The average Bonchev–Trinajstić information content (AvgIpc) is 3.55. The Morgan fingerprint density at radius 1 is 1.15 bits per heavy atom. The molecule has 41 heavy (non-hydrogen) atoms. The van der Waals surface area contributed by atoms with E-state index in [2.05, 4.69) is 36.5 Å². The molecule has 7 rings (SSSR count). The number of carbonyl (C=O) groups excluding carboxylic acids is 3. The normalized spacial score (nSPS) is 22.1. The van der Waals surface area contributed by atoms with Gasteiger partial charge < -0.3 is 15.4 Å². The van der Waals surface area contributed by atoms with E-state index in [4.69, 9.17) is 21.3 Å². The minimum atomic E-state index is -0.983. The number of nitrogens with one attached hydrogen (secondary N) is 2. The van der Waals surface area contributed by atoms with E-state index in [0.29, 0.717) is 71.3 Å². The summed E-state index contributed by atoms with van der Waals surface area (Å²) in [6.07, 6.45) is 5.01. The Kier molecular flexibility index (Phi) is 6.22. The molecule has 4 aliphatic rings. The molecular formula is C29H24BrClN6O4. The quantitative estimate of drug-likeness (QED) is 0.451. The van der Waals surface area contributed by atoms with Crippen LogP contribution in [0.4, 0.5) is 11.5 Å². The van der Waals surface area contributed by atoms with E-state index >= 15 is 0 Å². The molecular weight excluding hydrogens is 612 g/mol. The number of rotatable bonds is 4. The number of hydrogen-bond acceptors (Lipinski definition) is 7. The molecule has 0 bridgehead atoms. The second-order valence-electron chi connectivity index (χ2n) is 10.7. The Morgan fingerprint density at radius 3 is 2.78 bits per heavy atom. The summed E-state index contributed by atoms with van der Waals surface area (Å²) in [7, 11) is 0. The molecule has 3 amide bonds. The molecule has 1 aromatic carbocycles. The summed E-state index contributed by atoms with van der Waals surface area (Å²) in [5.41, 5.74) is 1.87. The number of pyridine rings is 2. The Morgan fingerprint density at radius 2 is 1.98 bits per heavy atom. The fraction of sp³-hybridized carbons (Fsp3) is 0.310. The number of amides is 3. The van der Waals surface area contributed by atoms with Crippen molar-refractivity contribution >= 4 is 62.6 Å². The summed E-state index contributed by atoms with van der Waals surface area (Å²) in [5, 5.41) is 6.20. The molecule has 3 aliphatic heterocycles. The number of hydrogen-bond donors (Lipinski definition) is 2. The van der Waals surface area contributed by atoms with E-state index < -0.39 is 16.9 Å². The maximum Gasteiger partial charge on any atom is 0.256 e. The van der Waals surface area contributed by atoms with Crippen LogP contribution in [0.5, 0.6) is 0 Å². The summed E-state index contributed by atoms with van der Waals surface area (Å²) >= 11 is 10.1. The third kappa shape index (κ3) is 4.17. The number of anilines is 2. The van der Waals surface area contributed by atoms with Gasteiger partial charge in [-0.15, -0.1) is 0 Å². The van der Waals surface area contributed by atoms with Crippen LogP contribution >= 0.6 is 27.5 Å². The average molecular weight is 636 g/mol. The Bertz CT molecular complexity index is 1650. The van der Waals surface area contributed by atoms with Gasteiger partial charge in [0, 0.05) is 60.0 Å². The first-order chi connectivity index (χ1) is 19.8. The SMILES string of the molecule is O=C(CN1C(=O)C2(CCOCC2)N=C1c1c(Cl)cccc1Br)Nc1cnc2c(c1)CC1(C2)C(=O)Nc2ncccc21. The molecule has 10 nitrogen and oxygen atoms in total. The predicted octanol–water partition coefficient (Wildman–Crippen LogP) is 3.66. The number of nitrogens with zero attached hydrogens (tertiary/aromatic N) is 4. The predicted molar refractivity (Wildman–Crippen MR) is 155 cm³/mol. The lowest BCUT2D eigenvalue weighted by atomic mass is 9.80. The zero-order valence-corrected chi connectivity index (χ0v) is 24.1. The van der Waals surface area contributed by atoms with Crippen molar-refractivity contribution in [3.8, 4) is 0 Å². The van der Waals surface area contributed by atoms with Gasteiger partial charge in [0.1, 0.15) is 23.7 Å². The Labute approximate surface area is 248 Å². The van der Waals surface area contributed by atoms with Gasteiger partial charge in [-0.3, -0.25) is 29.3 Å². The highest BCUT2D eigenvalue weighted by Gasteiger charge is 2.52. The van der Waals surface area contributed by atoms with Gasteiger partial charge in [-0.1, -0.05) is 23.7 Å². The molecule has 1 unspecified atom stereocenters. The lowest BCUT2D eigenvalue weighted by molar-refractivity contribution is -0.136. The highest BCUT2D eigenvalue weighted by Crippen LogP contribution is 2.46. The standard InChI is InChI=1S/C29H24BrClN6O4/c30-19-4-1-5-20(31)23(19)25-36-29(6-9-41-10-7-29)27(40)37(25)15-22(38)34-17-11-16-12-28(13-21(16)33-14-17)18-3-2-8-32-24(18)35-26(28)39/h1-5,8,11,14H,6-7,9-10,12-13,15H2,(H,34,38)(H,32,35,39). The summed E-state index contributed by atoms with van der Waals surface area (Å²) in [6, 6.07) is 10.9. The first kappa shape index (κ1) is 26.2. The van der Waals surface area contributed by atoms with Gasteiger partial charge in [0.05, 0.1) is 22.3 Å². The molecule has 3 aromatic rings. The van der Waals surface area contributed by atoms with Crippen molar-refractivity contribution in [1.29, 1.82) is 0 Å². The van der Waals surface area contributed by atoms with Crippen LogP contribution in [0.3, 0.4) is 0 Å². The number of halogens is 2. The largest absolute Gasteiger partial charge is 0.381 e. The fourth-order valence-electron chi connectivity index (χ4n) is 6.27. The molecule has 2 N–H and O–H groups in total. The van der Waals surface area contributed by atoms with E-state index in [9.17, 15) is 14.4 Å². The van der Waals surface area contributed by atoms with Gasteiger partial charge in [-0.05, 0) is 52.2 Å². The van der Waals surface area contributed by atoms with E-state index in [1.807, 2.05) is 24.3 Å². The molecule has 1 saturated heterocycles. The zero-order chi connectivity index (χ0) is 28.4. The van der Waals surface area contributed by atoms with Gasteiger partial charge >= 0.3 is 0 Å². The highest BCUT2D eigenvalue weighted by molar-refractivity contribution is 9.10. The second kappa shape index (κ2) is 9.71. The maximum atomic E-state index is 13.8. The van der Waals surface area contributed by atoms with Crippen molar-refractivity contribution in [2.24, 2.45) is 4.99 Å². The number of aromatic nitrogens is 2. The summed E-state index contributed by atoms with van der Waals surface area (Å²) < 4.78 is 6.17. The molecule has 5 heterocycles. The first-order valence-corrected chi connectivity index (χ1v) is 14.5. The van der Waals surface area contributed by atoms with Gasteiger partial charge in [-0.25, -0.2) is 4.98 Å². The van der Waals surface area contributed by atoms with Crippen molar-refractivity contribution < 1.29 is 19.1 Å². The maximum absolute atomic E-state index is 13.8. The van der Waals surface area contributed by atoms with E-state index in [1.54, 1.807) is 24.5 Å². The van der Waals surface area contributed by atoms with E-state index in [1.165, 1.54) is 4.90 Å². The molecule has 2 aromatic heterocycles. The van der Waals surface area contributed by atoms with E-state index in [0.717, 1.165) is 16.8 Å². The third-order valence-corrected chi connectivity index (χ3v) is 9.30. The van der Waals surface area contributed by atoms with Crippen LogP contribution in [0.15, 0.2) is 58.3 Å². The zero-order valence-electron chi connectivity index (χ0n) is 21.7. The molecule has 208 valence electrons. The van der Waals surface area contributed by atoms with E-state index in [-0.39, 0.29) is 18.4 Å². The minimum absolute atomic E-state index is 0.0954. The van der Waals surface area contributed by atoms with Crippen molar-refractivity contribution in [2.45, 2.75) is 36.6 Å². The molecule has 1 fully saturated rings. The van der Waals surface area contributed by atoms with Crippen LogP contribution in [0, 0.1) is 0 Å². The van der Waals surface area contributed by atoms with Crippen LogP contribution in [0.1, 0.15) is 35.2 Å². The van der Waals surface area contributed by atoms with Crippen molar-refractivity contribution in [3.05, 3.63) is 80.7 Å². The Hall–Kier alpha value is -3.67. The third-order valence-electron chi connectivity index (χ3n) is 8.32. The lowest BCUT2D eigenvalue weighted by Gasteiger charge is -2.29. The smallest absolute Gasteiger partial charge is 0.256 e. The molecule has 12 heteroatoms. The fourth-order valence-corrected chi connectivity index (χ4v) is 7.19. The molecule has 0 radical (unpaired) electrons. The highest BCUT2D eigenvalue weighted by atomic mass is 79.9. The number of amidine groups is 1. The summed E-state index contributed by atoms with van der Waals surface area (Å²) in [4.78, 5) is 55.3. The van der Waals surface area contributed by atoms with Crippen LogP contribution < -0.4 is 10.6 Å². The number of fused-ring (bicyclic) bond motifs is 3. The van der Waals surface area contributed by atoms with Crippen LogP contribution in [0.25, 0.3) is 0 Å². The molecule has 0 saturated carbocycles. The lowest BCUT2D eigenvalue weighted by Crippen LogP contribution is -2.48. The minimum Gasteiger partial charge on any atom is -0.381 e. The number of aliphatic imine (C=N–C) groups is 1. The molecule has 2 spiro atoms. The number of ether oxygens (including phenoxy) is 1.